The van der Waals surface area contributed by atoms with Gasteiger partial charge >= 0.3 is 0 Å². The van der Waals surface area contributed by atoms with Crippen LogP contribution < -0.4 is 5.32 Å². The first-order valence-electron chi connectivity index (χ1n) is 7.48. The van der Waals surface area contributed by atoms with Gasteiger partial charge in [0.05, 0.1) is 0 Å². The molecule has 110 valence electrons. The Morgan fingerprint density at radius 1 is 1.50 bits per heavy atom. The fourth-order valence-corrected chi connectivity index (χ4v) is 3.59. The topological polar surface area (TPSA) is 15.3 Å². The summed E-state index contributed by atoms with van der Waals surface area (Å²) in [6.07, 6.45) is 4.61. The fraction of sp³-hybridized carbons (Fsp3) is 0.529. The largest absolute Gasteiger partial charge is 0.381 e. The molecule has 1 heterocycles. The molecule has 2 nitrogen and oxygen atoms in total. The lowest BCUT2D eigenvalue weighted by molar-refractivity contribution is 0.197. The summed E-state index contributed by atoms with van der Waals surface area (Å²) in [4.78, 5) is 3.77. The SMILES string of the molecule is C=CCSc1ccccc1NC(C)C1CCCN(C)C1. The number of benzene rings is 1. The van der Waals surface area contributed by atoms with Crippen LogP contribution in [0.1, 0.15) is 19.8 Å². The number of para-hydroxylation sites is 1. The molecule has 0 saturated carbocycles. The Hall–Kier alpha value is -0.930. The second-order valence-corrected chi connectivity index (χ2v) is 6.76. The Labute approximate surface area is 127 Å². The number of anilines is 1. The summed E-state index contributed by atoms with van der Waals surface area (Å²) >= 11 is 1.85. The average Bonchev–Trinajstić information content (AvgIpc) is 2.46. The van der Waals surface area contributed by atoms with Crippen LogP contribution in [0, 0.1) is 5.92 Å². The van der Waals surface area contributed by atoms with Gasteiger partial charge in [-0.25, -0.2) is 0 Å². The Kier molecular flexibility index (Phi) is 5.99. The maximum atomic E-state index is 3.80. The number of piperidine rings is 1. The number of hydrogen-bond acceptors (Lipinski definition) is 3. The second-order valence-electron chi connectivity index (χ2n) is 5.69. The normalized spacial score (nSPS) is 21.4. The van der Waals surface area contributed by atoms with Crippen LogP contribution in [0.25, 0.3) is 0 Å². The summed E-state index contributed by atoms with van der Waals surface area (Å²) in [5, 5.41) is 3.73. The molecule has 1 aliphatic rings. The lowest BCUT2D eigenvalue weighted by Crippen LogP contribution is -2.39. The van der Waals surface area contributed by atoms with E-state index in [1.165, 1.54) is 36.5 Å². The molecule has 2 unspecified atom stereocenters. The summed E-state index contributed by atoms with van der Waals surface area (Å²) in [6.45, 7) is 8.57. The zero-order valence-electron chi connectivity index (χ0n) is 12.6. The first-order chi connectivity index (χ1) is 9.70. The summed E-state index contributed by atoms with van der Waals surface area (Å²) in [6, 6.07) is 9.11. The maximum Gasteiger partial charge on any atom is 0.0480 e. The van der Waals surface area contributed by atoms with Gasteiger partial charge in [0, 0.05) is 28.9 Å². The second kappa shape index (κ2) is 7.75. The van der Waals surface area contributed by atoms with E-state index < -0.39 is 0 Å². The Balaban J connectivity index is 1.99. The molecule has 2 atom stereocenters. The van der Waals surface area contributed by atoms with Crippen LogP contribution in [0.15, 0.2) is 41.8 Å². The van der Waals surface area contributed by atoms with Crippen molar-refractivity contribution in [1.29, 1.82) is 0 Å². The van der Waals surface area contributed by atoms with Gasteiger partial charge in [-0.2, -0.15) is 0 Å². The van der Waals surface area contributed by atoms with Crippen molar-refractivity contribution in [2.45, 2.75) is 30.7 Å². The van der Waals surface area contributed by atoms with Crippen LogP contribution in [0.4, 0.5) is 5.69 Å². The van der Waals surface area contributed by atoms with E-state index in [1.54, 1.807) is 0 Å². The molecule has 2 rings (SSSR count). The van der Waals surface area contributed by atoms with E-state index in [0.29, 0.717) is 6.04 Å². The van der Waals surface area contributed by atoms with Gasteiger partial charge in [0.1, 0.15) is 0 Å². The van der Waals surface area contributed by atoms with E-state index in [1.807, 2.05) is 17.8 Å². The van der Waals surface area contributed by atoms with Crippen LogP contribution in [-0.4, -0.2) is 36.8 Å². The summed E-state index contributed by atoms with van der Waals surface area (Å²) < 4.78 is 0. The molecule has 0 radical (unpaired) electrons. The summed E-state index contributed by atoms with van der Waals surface area (Å²) in [5.41, 5.74) is 1.26. The van der Waals surface area contributed by atoms with Crippen molar-refractivity contribution < 1.29 is 0 Å². The number of hydrogen-bond donors (Lipinski definition) is 1. The van der Waals surface area contributed by atoms with Crippen LogP contribution in [0.3, 0.4) is 0 Å². The number of thioether (sulfide) groups is 1. The quantitative estimate of drug-likeness (QED) is 0.627. The zero-order chi connectivity index (χ0) is 14.4. The van der Waals surface area contributed by atoms with E-state index in [9.17, 15) is 0 Å². The van der Waals surface area contributed by atoms with Gasteiger partial charge in [-0.15, -0.1) is 18.3 Å². The van der Waals surface area contributed by atoms with E-state index in [0.717, 1.165) is 11.7 Å². The Bertz CT molecular complexity index is 433. The molecular weight excluding hydrogens is 264 g/mol. The van der Waals surface area contributed by atoms with Crippen molar-refractivity contribution in [2.24, 2.45) is 5.92 Å². The Morgan fingerprint density at radius 2 is 2.30 bits per heavy atom. The summed E-state index contributed by atoms with van der Waals surface area (Å²) in [7, 11) is 2.23. The minimum Gasteiger partial charge on any atom is -0.381 e. The van der Waals surface area contributed by atoms with Crippen LogP contribution in [0.5, 0.6) is 0 Å². The molecule has 0 amide bonds. The molecule has 0 aliphatic carbocycles. The van der Waals surface area contributed by atoms with E-state index >= 15 is 0 Å². The molecule has 3 heteroatoms. The van der Waals surface area contributed by atoms with E-state index in [4.69, 9.17) is 0 Å². The lowest BCUT2D eigenvalue weighted by atomic mass is 9.92. The first kappa shape index (κ1) is 15.5. The number of likely N-dealkylation sites (tertiary alicyclic amines) is 1. The van der Waals surface area contributed by atoms with Gasteiger partial charge in [0.25, 0.3) is 0 Å². The minimum atomic E-state index is 0.517. The standard InChI is InChI=1S/C17H26N2S/c1-4-12-20-17-10-6-5-9-16(17)18-14(2)15-8-7-11-19(3)13-15/h4-6,9-10,14-15,18H,1,7-8,11-13H2,2-3H3. The molecule has 0 bridgehead atoms. The molecule has 1 aromatic rings. The molecule has 0 aromatic heterocycles. The summed E-state index contributed by atoms with van der Waals surface area (Å²) in [5.74, 6) is 1.70. The third kappa shape index (κ3) is 4.29. The van der Waals surface area contributed by atoms with Crippen LogP contribution in [0.2, 0.25) is 0 Å². The zero-order valence-corrected chi connectivity index (χ0v) is 13.5. The van der Waals surface area contributed by atoms with Crippen molar-refractivity contribution in [2.75, 3.05) is 31.2 Å². The highest BCUT2D eigenvalue weighted by Crippen LogP contribution is 2.29. The first-order valence-corrected chi connectivity index (χ1v) is 8.47. The third-order valence-electron chi connectivity index (χ3n) is 3.99. The maximum absolute atomic E-state index is 3.80. The van der Waals surface area contributed by atoms with Gasteiger partial charge < -0.3 is 10.2 Å². The molecule has 0 spiro atoms. The average molecular weight is 290 g/mol. The predicted molar refractivity (Wildman–Crippen MR) is 90.7 cm³/mol. The molecular formula is C17H26N2S. The highest BCUT2D eigenvalue weighted by Gasteiger charge is 2.23. The van der Waals surface area contributed by atoms with Gasteiger partial charge in [0.2, 0.25) is 0 Å². The van der Waals surface area contributed by atoms with Gasteiger partial charge in [-0.05, 0) is 51.4 Å². The third-order valence-corrected chi connectivity index (χ3v) is 5.06. The van der Waals surface area contributed by atoms with Gasteiger partial charge in [0.15, 0.2) is 0 Å². The predicted octanol–water partition coefficient (Wildman–Crippen LogP) is 4.11. The van der Waals surface area contributed by atoms with Crippen molar-refractivity contribution in [3.63, 3.8) is 0 Å². The van der Waals surface area contributed by atoms with E-state index in [-0.39, 0.29) is 0 Å². The molecule has 1 saturated heterocycles. The molecule has 20 heavy (non-hydrogen) atoms. The fourth-order valence-electron chi connectivity index (χ4n) is 2.84. The number of rotatable bonds is 6. The van der Waals surface area contributed by atoms with Crippen LogP contribution >= 0.6 is 11.8 Å². The highest BCUT2D eigenvalue weighted by molar-refractivity contribution is 7.99. The van der Waals surface area contributed by atoms with Crippen LogP contribution in [-0.2, 0) is 0 Å². The van der Waals surface area contributed by atoms with Gasteiger partial charge in [-0.1, -0.05) is 18.2 Å². The Morgan fingerprint density at radius 3 is 3.05 bits per heavy atom. The molecule has 1 fully saturated rings. The monoisotopic (exact) mass is 290 g/mol. The minimum absolute atomic E-state index is 0.517. The van der Waals surface area contributed by atoms with Gasteiger partial charge in [-0.3, -0.25) is 0 Å². The molecule has 1 N–H and O–H groups in total. The smallest absolute Gasteiger partial charge is 0.0480 e. The lowest BCUT2D eigenvalue weighted by Gasteiger charge is -2.34. The highest BCUT2D eigenvalue weighted by atomic mass is 32.2. The van der Waals surface area contributed by atoms with Crippen molar-refractivity contribution in [3.8, 4) is 0 Å². The van der Waals surface area contributed by atoms with E-state index in [2.05, 4.69) is 55.0 Å². The molecule has 1 aliphatic heterocycles. The molecule has 1 aromatic carbocycles. The van der Waals surface area contributed by atoms with Crippen molar-refractivity contribution >= 4 is 17.4 Å². The van der Waals surface area contributed by atoms with Crippen molar-refractivity contribution in [1.82, 2.24) is 4.90 Å². The number of nitrogens with zero attached hydrogens (tertiary/aromatic N) is 1. The number of nitrogens with one attached hydrogen (secondary N) is 1. The van der Waals surface area contributed by atoms with Crippen molar-refractivity contribution in [3.05, 3.63) is 36.9 Å².